The predicted molar refractivity (Wildman–Crippen MR) is 87.5 cm³/mol. The number of nitrogens with one attached hydrogen (secondary N) is 1. The molecule has 2 heterocycles. The maximum Gasteiger partial charge on any atom is 0.270 e. The first kappa shape index (κ1) is 16.3. The highest BCUT2D eigenvalue weighted by atomic mass is 32.1. The fraction of sp³-hybridized carbons (Fsp3) is 0.375. The summed E-state index contributed by atoms with van der Waals surface area (Å²) >= 11 is 1.60. The Morgan fingerprint density at radius 1 is 1.45 bits per heavy atom. The van der Waals surface area contributed by atoms with Gasteiger partial charge in [-0.2, -0.15) is 11.3 Å². The van der Waals surface area contributed by atoms with Crippen LogP contribution in [0.2, 0.25) is 0 Å². The number of carbonyl (C=O) groups excluding carboxylic acids is 1. The second kappa shape index (κ2) is 7.26. The van der Waals surface area contributed by atoms with E-state index in [0.29, 0.717) is 19.0 Å². The van der Waals surface area contributed by atoms with Crippen LogP contribution in [0.25, 0.3) is 0 Å². The second-order valence-corrected chi connectivity index (χ2v) is 6.27. The number of pyridine rings is 1. The fourth-order valence-corrected chi connectivity index (χ4v) is 2.83. The molecular formula is C16H20N2O3S. The Labute approximate surface area is 133 Å². The summed E-state index contributed by atoms with van der Waals surface area (Å²) in [4.78, 5) is 29.1. The number of amides is 1. The average molecular weight is 320 g/mol. The van der Waals surface area contributed by atoms with E-state index in [-0.39, 0.29) is 22.8 Å². The average Bonchev–Trinajstić information content (AvgIpc) is 2.98. The second-order valence-electron chi connectivity index (χ2n) is 5.49. The molecule has 1 N–H and O–H groups in total. The van der Waals surface area contributed by atoms with Gasteiger partial charge in [0.15, 0.2) is 5.75 Å². The highest BCUT2D eigenvalue weighted by molar-refractivity contribution is 7.07. The summed E-state index contributed by atoms with van der Waals surface area (Å²) < 4.78 is 4.92. The summed E-state index contributed by atoms with van der Waals surface area (Å²) in [5.74, 6) is 0.358. The van der Waals surface area contributed by atoms with Crippen molar-refractivity contribution in [3.05, 3.63) is 50.6 Å². The molecule has 0 atom stereocenters. The number of rotatable bonds is 6. The molecule has 1 amide bonds. The number of carbonyl (C=O) groups is 1. The maximum absolute atomic E-state index is 12.7. The first-order valence-corrected chi connectivity index (χ1v) is 8.02. The van der Waals surface area contributed by atoms with E-state index in [1.54, 1.807) is 16.2 Å². The summed E-state index contributed by atoms with van der Waals surface area (Å²) in [6.45, 7) is 5.28. The number of H-pyrrole nitrogens is 1. The molecule has 0 fully saturated rings. The minimum atomic E-state index is -0.301. The van der Waals surface area contributed by atoms with Crippen molar-refractivity contribution in [1.29, 1.82) is 0 Å². The van der Waals surface area contributed by atoms with E-state index in [1.807, 2.05) is 16.8 Å². The Balaban J connectivity index is 2.24. The van der Waals surface area contributed by atoms with Crippen molar-refractivity contribution >= 4 is 17.2 Å². The zero-order valence-corrected chi connectivity index (χ0v) is 13.8. The highest BCUT2D eigenvalue weighted by Crippen LogP contribution is 2.14. The monoisotopic (exact) mass is 320 g/mol. The molecule has 2 aromatic heterocycles. The Morgan fingerprint density at radius 2 is 2.23 bits per heavy atom. The minimum absolute atomic E-state index is 0.181. The molecule has 0 spiro atoms. The largest absolute Gasteiger partial charge is 0.491 e. The van der Waals surface area contributed by atoms with E-state index in [2.05, 4.69) is 18.8 Å². The van der Waals surface area contributed by atoms with Gasteiger partial charge in [-0.15, -0.1) is 0 Å². The van der Waals surface area contributed by atoms with Gasteiger partial charge in [-0.05, 0) is 28.3 Å². The van der Waals surface area contributed by atoms with Gasteiger partial charge < -0.3 is 14.6 Å². The highest BCUT2D eigenvalue weighted by Gasteiger charge is 2.19. The molecule has 2 aromatic rings. The van der Waals surface area contributed by atoms with Crippen LogP contribution in [-0.2, 0) is 6.54 Å². The minimum Gasteiger partial charge on any atom is -0.491 e. The van der Waals surface area contributed by atoms with E-state index in [9.17, 15) is 9.59 Å². The van der Waals surface area contributed by atoms with Gasteiger partial charge in [0.2, 0.25) is 5.43 Å². The van der Waals surface area contributed by atoms with E-state index >= 15 is 0 Å². The Hall–Kier alpha value is -2.08. The number of hydrogen-bond donors (Lipinski definition) is 1. The van der Waals surface area contributed by atoms with Crippen LogP contribution in [0.5, 0.6) is 5.75 Å². The fourth-order valence-electron chi connectivity index (χ4n) is 2.17. The summed E-state index contributed by atoms with van der Waals surface area (Å²) in [6, 6.07) is 3.30. The van der Waals surface area contributed by atoms with Crippen LogP contribution < -0.4 is 10.2 Å². The molecule has 0 saturated heterocycles. The van der Waals surface area contributed by atoms with Gasteiger partial charge in [-0.1, -0.05) is 13.8 Å². The third-order valence-corrected chi connectivity index (χ3v) is 3.89. The Bertz CT molecular complexity index is 677. The number of methoxy groups -OCH3 is 1. The van der Waals surface area contributed by atoms with Crippen molar-refractivity contribution < 1.29 is 9.53 Å². The van der Waals surface area contributed by atoms with Gasteiger partial charge in [-0.3, -0.25) is 9.59 Å². The standard InChI is InChI=1S/C16H20N2O3S/c1-11(2)8-18(9-12-4-5-22-10-12)16(20)13-6-14(19)15(21-3)7-17-13/h4-7,10-11H,8-9H2,1-3H3,(H,17,19). The molecule has 0 unspecified atom stereocenters. The van der Waals surface area contributed by atoms with Gasteiger partial charge in [-0.25, -0.2) is 0 Å². The van der Waals surface area contributed by atoms with Gasteiger partial charge in [0.25, 0.3) is 5.91 Å². The van der Waals surface area contributed by atoms with Gasteiger partial charge in [0.05, 0.1) is 7.11 Å². The van der Waals surface area contributed by atoms with Crippen LogP contribution in [-0.4, -0.2) is 29.4 Å². The molecule has 0 aliphatic carbocycles. The first-order chi connectivity index (χ1) is 10.5. The molecule has 0 saturated carbocycles. The molecule has 0 aromatic carbocycles. The molecule has 0 aliphatic rings. The summed E-state index contributed by atoms with van der Waals surface area (Å²) in [7, 11) is 1.42. The van der Waals surface area contributed by atoms with E-state index in [4.69, 9.17) is 4.74 Å². The topological polar surface area (TPSA) is 62.4 Å². The molecular weight excluding hydrogens is 300 g/mol. The van der Waals surface area contributed by atoms with Crippen LogP contribution in [0.15, 0.2) is 33.9 Å². The van der Waals surface area contributed by atoms with Crippen molar-refractivity contribution in [2.75, 3.05) is 13.7 Å². The number of aromatic amines is 1. The number of hydrogen-bond acceptors (Lipinski definition) is 4. The smallest absolute Gasteiger partial charge is 0.270 e. The molecule has 0 aliphatic heterocycles. The number of ether oxygens (including phenoxy) is 1. The van der Waals surface area contributed by atoms with Crippen molar-refractivity contribution in [3.63, 3.8) is 0 Å². The van der Waals surface area contributed by atoms with Gasteiger partial charge in [0.1, 0.15) is 5.69 Å². The van der Waals surface area contributed by atoms with E-state index < -0.39 is 0 Å². The van der Waals surface area contributed by atoms with Crippen molar-refractivity contribution in [3.8, 4) is 5.75 Å². The number of aromatic nitrogens is 1. The molecule has 22 heavy (non-hydrogen) atoms. The predicted octanol–water partition coefficient (Wildman–Crippen LogP) is 2.74. The Morgan fingerprint density at radius 3 is 2.77 bits per heavy atom. The molecule has 5 nitrogen and oxygen atoms in total. The molecule has 118 valence electrons. The number of nitrogens with zero attached hydrogens (tertiary/aromatic N) is 1. The first-order valence-electron chi connectivity index (χ1n) is 7.08. The van der Waals surface area contributed by atoms with Crippen LogP contribution in [0.4, 0.5) is 0 Å². The van der Waals surface area contributed by atoms with Crippen molar-refractivity contribution in [2.24, 2.45) is 5.92 Å². The lowest BCUT2D eigenvalue weighted by Crippen LogP contribution is -2.34. The Kier molecular flexibility index (Phi) is 5.38. The van der Waals surface area contributed by atoms with Crippen LogP contribution in [0.1, 0.15) is 29.9 Å². The zero-order chi connectivity index (χ0) is 16.1. The summed E-state index contributed by atoms with van der Waals surface area (Å²) in [5.41, 5.74) is 1.07. The van der Waals surface area contributed by atoms with Crippen LogP contribution in [0.3, 0.4) is 0 Å². The van der Waals surface area contributed by atoms with E-state index in [0.717, 1.165) is 5.56 Å². The normalized spacial score (nSPS) is 10.7. The third-order valence-electron chi connectivity index (χ3n) is 3.15. The zero-order valence-electron chi connectivity index (χ0n) is 13.0. The van der Waals surface area contributed by atoms with Gasteiger partial charge in [0, 0.05) is 25.4 Å². The lowest BCUT2D eigenvalue weighted by Gasteiger charge is -2.24. The van der Waals surface area contributed by atoms with Gasteiger partial charge >= 0.3 is 0 Å². The lowest BCUT2D eigenvalue weighted by molar-refractivity contribution is 0.0716. The molecule has 2 rings (SSSR count). The SMILES string of the molecule is COc1c[nH]c(C(=O)N(Cc2ccsc2)CC(C)C)cc1=O. The van der Waals surface area contributed by atoms with Crippen molar-refractivity contribution in [2.45, 2.75) is 20.4 Å². The maximum atomic E-state index is 12.7. The number of thiophene rings is 1. The lowest BCUT2D eigenvalue weighted by atomic mass is 10.1. The summed E-state index contributed by atoms with van der Waals surface area (Å²) in [5, 5.41) is 4.01. The molecule has 0 bridgehead atoms. The van der Waals surface area contributed by atoms with E-state index in [1.165, 1.54) is 19.4 Å². The van der Waals surface area contributed by atoms with Crippen LogP contribution >= 0.6 is 11.3 Å². The summed E-state index contributed by atoms with van der Waals surface area (Å²) in [6.07, 6.45) is 1.42. The van der Waals surface area contributed by atoms with Crippen molar-refractivity contribution in [1.82, 2.24) is 9.88 Å². The molecule has 6 heteroatoms. The third kappa shape index (κ3) is 3.98. The quantitative estimate of drug-likeness (QED) is 0.890. The van der Waals surface area contributed by atoms with Crippen LogP contribution in [0, 0.1) is 5.92 Å². The molecule has 0 radical (unpaired) electrons.